The molecule has 0 saturated heterocycles. The van der Waals surface area contributed by atoms with Gasteiger partial charge in [0, 0.05) is 10.0 Å². The normalized spacial score (nSPS) is 12.8. The van der Waals surface area contributed by atoms with Gasteiger partial charge in [-0.15, -0.1) is 0 Å². The molecule has 2 rings (SSSR count). The highest BCUT2D eigenvalue weighted by atomic mass is 35.5. The molecule has 0 aromatic heterocycles. The molecule has 11 heteroatoms. The van der Waals surface area contributed by atoms with Crippen LogP contribution in [0, 0.1) is 13.8 Å². The van der Waals surface area contributed by atoms with Crippen molar-refractivity contribution in [1.82, 2.24) is 5.32 Å². The first-order chi connectivity index (χ1) is 12.7. The maximum absolute atomic E-state index is 13.0. The SMILES string of the molecule is Cc1cc(C(NC(=O)C(F)(F)F)(c2ccc(Cl)c(C)c2)P(=O)(O)O)ccc1Cl. The van der Waals surface area contributed by atoms with E-state index in [0.717, 1.165) is 12.1 Å². The van der Waals surface area contributed by atoms with Crippen molar-refractivity contribution in [3.8, 4) is 0 Å². The Hall–Kier alpha value is -1.57. The third kappa shape index (κ3) is 4.21. The second-order valence-corrected chi connectivity index (χ2v) is 8.71. The summed E-state index contributed by atoms with van der Waals surface area (Å²) >= 11 is 11.9. The molecule has 0 aliphatic heterocycles. The summed E-state index contributed by atoms with van der Waals surface area (Å²) in [5.74, 6) is -2.50. The van der Waals surface area contributed by atoms with Crippen molar-refractivity contribution in [1.29, 1.82) is 0 Å². The second kappa shape index (κ2) is 7.69. The highest BCUT2D eigenvalue weighted by Crippen LogP contribution is 2.59. The van der Waals surface area contributed by atoms with Gasteiger partial charge in [0.25, 0.3) is 0 Å². The monoisotopic (exact) mass is 455 g/mol. The number of carbonyl (C=O) groups is 1. The van der Waals surface area contributed by atoms with Gasteiger partial charge in [-0.3, -0.25) is 9.36 Å². The Balaban J connectivity index is 2.90. The Morgan fingerprint density at radius 2 is 1.36 bits per heavy atom. The van der Waals surface area contributed by atoms with Crippen molar-refractivity contribution in [3.05, 3.63) is 68.7 Å². The first-order valence-electron chi connectivity index (χ1n) is 7.68. The van der Waals surface area contributed by atoms with Crippen LogP contribution in [0.3, 0.4) is 0 Å². The van der Waals surface area contributed by atoms with E-state index in [1.807, 2.05) is 0 Å². The molecule has 0 spiro atoms. The number of rotatable bonds is 4. The molecule has 0 unspecified atom stereocenters. The van der Waals surface area contributed by atoms with Gasteiger partial charge in [-0.1, -0.05) is 47.5 Å². The second-order valence-electron chi connectivity index (χ2n) is 6.13. The molecular formula is C17H15Cl2F3NO4P. The predicted octanol–water partition coefficient (Wildman–Crippen LogP) is 4.67. The molecule has 0 bridgehead atoms. The number of hydrogen-bond acceptors (Lipinski definition) is 2. The molecule has 5 nitrogen and oxygen atoms in total. The Morgan fingerprint density at radius 1 is 0.964 bits per heavy atom. The number of nitrogens with one attached hydrogen (secondary N) is 1. The van der Waals surface area contributed by atoms with E-state index in [4.69, 9.17) is 23.2 Å². The van der Waals surface area contributed by atoms with Crippen LogP contribution in [0.25, 0.3) is 0 Å². The van der Waals surface area contributed by atoms with E-state index < -0.39 is 25.0 Å². The van der Waals surface area contributed by atoms with Crippen LogP contribution in [0.5, 0.6) is 0 Å². The lowest BCUT2D eigenvalue weighted by Crippen LogP contribution is -2.51. The Bertz CT molecular complexity index is 924. The molecule has 0 aliphatic rings. The zero-order valence-electron chi connectivity index (χ0n) is 14.5. The molecule has 0 heterocycles. The molecular weight excluding hydrogens is 441 g/mol. The van der Waals surface area contributed by atoms with Gasteiger partial charge in [0.15, 0.2) is 5.28 Å². The molecule has 2 aromatic carbocycles. The average Bonchev–Trinajstić information content (AvgIpc) is 2.55. The first-order valence-corrected chi connectivity index (χ1v) is 10.0. The molecule has 1 amide bonds. The predicted molar refractivity (Wildman–Crippen MR) is 99.4 cm³/mol. The quantitative estimate of drug-likeness (QED) is 0.584. The number of benzene rings is 2. The van der Waals surface area contributed by atoms with Gasteiger partial charge in [0.05, 0.1) is 0 Å². The summed E-state index contributed by atoms with van der Waals surface area (Å²) < 4.78 is 51.5. The lowest BCUT2D eigenvalue weighted by molar-refractivity contribution is -0.174. The first kappa shape index (κ1) is 22.7. The van der Waals surface area contributed by atoms with Crippen molar-refractivity contribution in [2.24, 2.45) is 0 Å². The molecule has 28 heavy (non-hydrogen) atoms. The third-order valence-electron chi connectivity index (χ3n) is 4.14. The van der Waals surface area contributed by atoms with Crippen LogP contribution in [0.4, 0.5) is 13.2 Å². The van der Waals surface area contributed by atoms with Gasteiger partial charge in [0.1, 0.15) is 0 Å². The average molecular weight is 456 g/mol. The van der Waals surface area contributed by atoms with E-state index in [2.05, 4.69) is 0 Å². The summed E-state index contributed by atoms with van der Waals surface area (Å²) in [6, 6.07) is 7.27. The number of hydrogen-bond donors (Lipinski definition) is 3. The fourth-order valence-electron chi connectivity index (χ4n) is 2.69. The van der Waals surface area contributed by atoms with Crippen LogP contribution >= 0.6 is 30.8 Å². The maximum atomic E-state index is 13.0. The minimum absolute atomic E-state index is 0.234. The van der Waals surface area contributed by atoms with E-state index in [9.17, 15) is 32.3 Å². The third-order valence-corrected chi connectivity index (χ3v) is 6.49. The van der Waals surface area contributed by atoms with E-state index in [-0.39, 0.29) is 21.2 Å². The van der Waals surface area contributed by atoms with Crippen molar-refractivity contribution < 1.29 is 32.3 Å². The Morgan fingerprint density at radius 3 is 1.64 bits per heavy atom. The van der Waals surface area contributed by atoms with Crippen LogP contribution < -0.4 is 5.32 Å². The topological polar surface area (TPSA) is 86.6 Å². The summed E-state index contributed by atoms with van der Waals surface area (Å²) in [5, 5.41) is -0.810. The lowest BCUT2D eigenvalue weighted by atomic mass is 9.95. The number of amides is 1. The molecule has 0 aliphatic carbocycles. The van der Waals surface area contributed by atoms with Crippen molar-refractivity contribution in [2.45, 2.75) is 25.3 Å². The molecule has 0 saturated carbocycles. The highest BCUT2D eigenvalue weighted by Gasteiger charge is 2.55. The van der Waals surface area contributed by atoms with Gasteiger partial charge >= 0.3 is 19.7 Å². The van der Waals surface area contributed by atoms with Crippen LogP contribution in [-0.2, 0) is 14.6 Å². The van der Waals surface area contributed by atoms with E-state index >= 15 is 0 Å². The fraction of sp³-hybridized carbons (Fsp3) is 0.235. The van der Waals surface area contributed by atoms with Crippen LogP contribution in [-0.4, -0.2) is 21.9 Å². The smallest absolute Gasteiger partial charge is 0.324 e. The summed E-state index contributed by atoms with van der Waals surface area (Å²) in [6.45, 7) is 3.02. The highest BCUT2D eigenvalue weighted by molar-refractivity contribution is 7.53. The van der Waals surface area contributed by atoms with E-state index in [1.54, 1.807) is 0 Å². The van der Waals surface area contributed by atoms with Crippen LogP contribution in [0.15, 0.2) is 36.4 Å². The van der Waals surface area contributed by atoms with Crippen molar-refractivity contribution in [2.75, 3.05) is 0 Å². The molecule has 2 aromatic rings. The van der Waals surface area contributed by atoms with Gasteiger partial charge < -0.3 is 15.1 Å². The standard InChI is InChI=1S/C17H15Cl2F3NO4P/c1-9-7-11(3-5-13(9)18)16(28(25,26)27,23-15(24)17(20,21)22)12-4-6-14(19)10(2)8-12/h3-8H,1-2H3,(H,23,24)(H2,25,26,27). The lowest BCUT2D eigenvalue weighted by Gasteiger charge is -2.36. The summed E-state index contributed by atoms with van der Waals surface area (Å²) in [5.41, 5.74) is 0.178. The number of halogens is 5. The van der Waals surface area contributed by atoms with E-state index in [0.29, 0.717) is 11.1 Å². The van der Waals surface area contributed by atoms with Gasteiger partial charge in [0.2, 0.25) is 0 Å². The molecule has 0 radical (unpaired) electrons. The molecule has 0 atom stereocenters. The number of carbonyl (C=O) groups excluding carboxylic acids is 1. The fourth-order valence-corrected chi connectivity index (χ4v) is 4.13. The Labute approximate surface area is 168 Å². The number of alkyl halides is 3. The van der Waals surface area contributed by atoms with Gasteiger partial charge in [-0.2, -0.15) is 13.2 Å². The zero-order chi connectivity index (χ0) is 21.5. The minimum atomic E-state index is -5.46. The van der Waals surface area contributed by atoms with Crippen molar-refractivity contribution >= 4 is 36.7 Å². The van der Waals surface area contributed by atoms with Crippen LogP contribution in [0.2, 0.25) is 10.0 Å². The largest absolute Gasteiger partial charge is 0.471 e. The summed E-state index contributed by atoms with van der Waals surface area (Å²) in [6.07, 6.45) is -5.37. The molecule has 3 N–H and O–H groups in total. The maximum Gasteiger partial charge on any atom is 0.471 e. The summed E-state index contributed by atoms with van der Waals surface area (Å²) in [7, 11) is -5.46. The molecule has 152 valence electrons. The van der Waals surface area contributed by atoms with Crippen LogP contribution in [0.1, 0.15) is 22.3 Å². The molecule has 0 fully saturated rings. The van der Waals surface area contributed by atoms with E-state index in [1.165, 1.54) is 43.4 Å². The minimum Gasteiger partial charge on any atom is -0.324 e. The number of aryl methyl sites for hydroxylation is 2. The van der Waals surface area contributed by atoms with Gasteiger partial charge in [-0.25, -0.2) is 0 Å². The van der Waals surface area contributed by atoms with Gasteiger partial charge in [-0.05, 0) is 48.2 Å². The van der Waals surface area contributed by atoms with Crippen molar-refractivity contribution in [3.63, 3.8) is 0 Å². The zero-order valence-corrected chi connectivity index (χ0v) is 16.9. The summed E-state index contributed by atoms with van der Waals surface area (Å²) in [4.78, 5) is 32.0. The Kier molecular flexibility index (Phi) is 6.24.